The van der Waals surface area contributed by atoms with E-state index in [1.807, 2.05) is 50.2 Å². The van der Waals surface area contributed by atoms with Crippen molar-refractivity contribution in [1.82, 2.24) is 9.80 Å². The van der Waals surface area contributed by atoms with Crippen molar-refractivity contribution >= 4 is 23.3 Å². The van der Waals surface area contributed by atoms with E-state index >= 15 is 0 Å². The first-order chi connectivity index (χ1) is 23.2. The molecule has 0 aromatic heterocycles. The highest BCUT2D eigenvalue weighted by molar-refractivity contribution is 6.02. The van der Waals surface area contributed by atoms with Crippen LogP contribution < -0.4 is 24.8 Å². The van der Waals surface area contributed by atoms with E-state index in [1.54, 1.807) is 35.2 Å². The summed E-state index contributed by atoms with van der Waals surface area (Å²) in [5.74, 6) is 1.60. The summed E-state index contributed by atoms with van der Waals surface area (Å²) < 4.78 is 23.9. The van der Waals surface area contributed by atoms with Gasteiger partial charge in [0, 0.05) is 43.5 Å². The zero-order valence-electron chi connectivity index (χ0n) is 28.3. The molecule has 0 spiro atoms. The number of nitrogens with one attached hydrogen (secondary N) is 2. The third kappa shape index (κ3) is 9.40. The number of hydrogen-bond donors (Lipinski definition) is 3. The molecule has 2 aliphatic rings. The highest BCUT2D eigenvalue weighted by atomic mass is 16.7. The van der Waals surface area contributed by atoms with Gasteiger partial charge in [0.15, 0.2) is 11.5 Å². The molecule has 2 heterocycles. The van der Waals surface area contributed by atoms with Crippen molar-refractivity contribution in [3.8, 4) is 17.2 Å². The minimum atomic E-state index is -0.469. The van der Waals surface area contributed by atoms with E-state index in [1.165, 1.54) is 0 Å². The summed E-state index contributed by atoms with van der Waals surface area (Å²) in [4.78, 5) is 31.1. The Morgan fingerprint density at radius 3 is 2.52 bits per heavy atom. The maximum Gasteiger partial charge on any atom is 0.323 e. The predicted octanol–water partition coefficient (Wildman–Crippen LogP) is 5.99. The van der Waals surface area contributed by atoms with Gasteiger partial charge in [-0.1, -0.05) is 31.2 Å². The summed E-state index contributed by atoms with van der Waals surface area (Å²) in [5, 5.41) is 15.9. The SMILES string of the molecule is C[C@@H]1CCCCO[C@@H](CN(C)Cc2ccc3c(c2)OCO3)[C@@H](C)CN([C@H](C)CO)C(=O)c2cc(NC(=O)Nc3ccccc3)ccc2O1. The fraction of sp³-hybridized carbons (Fsp3) is 0.459. The second-order valence-corrected chi connectivity index (χ2v) is 12.8. The first kappa shape index (κ1) is 35.0. The highest BCUT2D eigenvalue weighted by Gasteiger charge is 2.30. The molecule has 3 aromatic carbocycles. The van der Waals surface area contributed by atoms with E-state index in [9.17, 15) is 14.7 Å². The quantitative estimate of drug-likeness (QED) is 0.270. The second kappa shape index (κ2) is 16.7. The average molecular weight is 661 g/mol. The number of benzene rings is 3. The van der Waals surface area contributed by atoms with Gasteiger partial charge in [0.2, 0.25) is 6.79 Å². The Morgan fingerprint density at radius 2 is 1.73 bits per heavy atom. The van der Waals surface area contributed by atoms with Crippen LogP contribution in [-0.4, -0.2) is 85.2 Å². The van der Waals surface area contributed by atoms with Crippen LogP contribution >= 0.6 is 0 Å². The molecule has 11 heteroatoms. The fourth-order valence-corrected chi connectivity index (χ4v) is 6.00. The molecule has 0 saturated carbocycles. The average Bonchev–Trinajstić information content (AvgIpc) is 3.54. The summed E-state index contributed by atoms with van der Waals surface area (Å²) in [6, 6.07) is 19.3. The van der Waals surface area contributed by atoms with Gasteiger partial charge in [-0.2, -0.15) is 0 Å². The van der Waals surface area contributed by atoms with Crippen LogP contribution in [0.4, 0.5) is 16.2 Å². The topological polar surface area (TPSA) is 122 Å². The molecule has 3 aromatic rings. The number of para-hydroxylation sites is 1. The van der Waals surface area contributed by atoms with Crippen molar-refractivity contribution < 1.29 is 33.6 Å². The van der Waals surface area contributed by atoms with Crippen molar-refractivity contribution in [2.24, 2.45) is 5.92 Å². The van der Waals surface area contributed by atoms with Crippen LogP contribution in [0, 0.1) is 5.92 Å². The van der Waals surface area contributed by atoms with Crippen LogP contribution in [0.5, 0.6) is 17.2 Å². The molecule has 0 unspecified atom stereocenters. The molecule has 4 atom stereocenters. The molecule has 0 saturated heterocycles. The number of likely N-dealkylation sites (N-methyl/N-ethyl adjacent to an activating group) is 1. The number of anilines is 2. The lowest BCUT2D eigenvalue weighted by Gasteiger charge is -2.36. The Bertz CT molecular complexity index is 1520. The van der Waals surface area contributed by atoms with Gasteiger partial charge >= 0.3 is 6.03 Å². The lowest BCUT2D eigenvalue weighted by Crippen LogP contribution is -2.47. The molecule has 0 fully saturated rings. The van der Waals surface area contributed by atoms with Crippen LogP contribution in [0.1, 0.15) is 56.0 Å². The minimum Gasteiger partial charge on any atom is -0.490 e. The standard InChI is InChI=1S/C37H48N4O7/c1-25-20-41(26(2)23-42)36(43)31-19-30(39-37(44)38-29-11-6-5-7-12-29)14-16-32(31)48-27(3)10-8-9-17-45-35(25)22-40(4)21-28-13-15-33-34(18-28)47-24-46-33/h5-7,11-16,18-19,25-27,35,42H,8-10,17,20-24H2,1-4H3,(H2,38,39,44)/t25-,26+,27+,35-/m0/s1. The van der Waals surface area contributed by atoms with Crippen LogP contribution in [0.3, 0.4) is 0 Å². The Balaban J connectivity index is 1.36. The maximum atomic E-state index is 14.4. The van der Waals surface area contributed by atoms with E-state index in [0.717, 1.165) is 36.3 Å². The lowest BCUT2D eigenvalue weighted by atomic mass is 10.0. The summed E-state index contributed by atoms with van der Waals surface area (Å²) >= 11 is 0. The van der Waals surface area contributed by atoms with Crippen molar-refractivity contribution in [3.05, 3.63) is 77.9 Å². The van der Waals surface area contributed by atoms with E-state index in [-0.39, 0.29) is 37.4 Å². The normalized spacial score (nSPS) is 20.8. The van der Waals surface area contributed by atoms with Crippen molar-refractivity contribution in [3.63, 3.8) is 0 Å². The molecular weight excluding hydrogens is 612 g/mol. The molecule has 3 amide bonds. The molecule has 2 aliphatic heterocycles. The maximum absolute atomic E-state index is 14.4. The molecule has 48 heavy (non-hydrogen) atoms. The fourth-order valence-electron chi connectivity index (χ4n) is 6.00. The number of aliphatic hydroxyl groups is 1. The number of urea groups is 1. The number of hydrogen-bond acceptors (Lipinski definition) is 8. The van der Waals surface area contributed by atoms with Crippen LogP contribution in [-0.2, 0) is 11.3 Å². The van der Waals surface area contributed by atoms with Gasteiger partial charge in [-0.15, -0.1) is 0 Å². The Kier molecular flexibility index (Phi) is 12.2. The van der Waals surface area contributed by atoms with Gasteiger partial charge in [0.05, 0.1) is 30.4 Å². The Hall–Kier alpha value is -4.32. The third-order valence-electron chi connectivity index (χ3n) is 8.72. The van der Waals surface area contributed by atoms with Gasteiger partial charge in [-0.3, -0.25) is 9.69 Å². The van der Waals surface area contributed by atoms with Gasteiger partial charge in [0.1, 0.15) is 5.75 Å². The molecule has 3 N–H and O–H groups in total. The van der Waals surface area contributed by atoms with Crippen LogP contribution in [0.2, 0.25) is 0 Å². The van der Waals surface area contributed by atoms with Gasteiger partial charge in [-0.25, -0.2) is 4.79 Å². The number of amides is 3. The summed E-state index contributed by atoms with van der Waals surface area (Å²) in [7, 11) is 2.06. The monoisotopic (exact) mass is 660 g/mol. The summed E-state index contributed by atoms with van der Waals surface area (Å²) in [6.45, 7) is 8.21. The largest absolute Gasteiger partial charge is 0.490 e. The Morgan fingerprint density at radius 1 is 0.979 bits per heavy atom. The third-order valence-corrected chi connectivity index (χ3v) is 8.72. The number of carbonyl (C=O) groups excluding carboxylic acids is 2. The molecule has 0 bridgehead atoms. The molecule has 258 valence electrons. The van der Waals surface area contributed by atoms with Crippen LogP contribution in [0.25, 0.3) is 0 Å². The van der Waals surface area contributed by atoms with Gasteiger partial charge in [0.25, 0.3) is 5.91 Å². The first-order valence-corrected chi connectivity index (χ1v) is 16.7. The molecular formula is C37H48N4O7. The van der Waals surface area contributed by atoms with Crippen LogP contribution in [0.15, 0.2) is 66.7 Å². The van der Waals surface area contributed by atoms with Crippen molar-refractivity contribution in [2.45, 2.75) is 64.8 Å². The number of fused-ring (bicyclic) bond motifs is 2. The number of nitrogens with zero attached hydrogens (tertiary/aromatic N) is 2. The van der Waals surface area contributed by atoms with Gasteiger partial charge in [-0.05, 0) is 88.2 Å². The predicted molar refractivity (Wildman–Crippen MR) is 185 cm³/mol. The molecule has 5 rings (SSSR count). The van der Waals surface area contributed by atoms with Crippen molar-refractivity contribution in [1.29, 1.82) is 0 Å². The zero-order valence-corrected chi connectivity index (χ0v) is 28.3. The Labute approximate surface area is 283 Å². The lowest BCUT2D eigenvalue weighted by molar-refractivity contribution is -0.0177. The molecule has 11 nitrogen and oxygen atoms in total. The number of carbonyl (C=O) groups is 2. The number of aliphatic hydroxyl groups excluding tert-OH is 1. The summed E-state index contributed by atoms with van der Waals surface area (Å²) in [6.07, 6.45) is 2.26. The molecule has 0 aliphatic carbocycles. The number of rotatable bonds is 8. The minimum absolute atomic E-state index is 0.0636. The second-order valence-electron chi connectivity index (χ2n) is 12.8. The molecule has 0 radical (unpaired) electrons. The first-order valence-electron chi connectivity index (χ1n) is 16.7. The smallest absolute Gasteiger partial charge is 0.323 e. The van der Waals surface area contributed by atoms with E-state index in [4.69, 9.17) is 18.9 Å². The van der Waals surface area contributed by atoms with E-state index < -0.39 is 12.1 Å². The van der Waals surface area contributed by atoms with E-state index in [2.05, 4.69) is 29.5 Å². The van der Waals surface area contributed by atoms with Gasteiger partial charge < -0.3 is 39.6 Å². The number of ether oxygens (including phenoxy) is 4. The zero-order chi connectivity index (χ0) is 34.0. The van der Waals surface area contributed by atoms with Crippen molar-refractivity contribution in [2.75, 3.05) is 50.8 Å². The van der Waals surface area contributed by atoms with E-state index in [0.29, 0.717) is 48.9 Å². The summed E-state index contributed by atoms with van der Waals surface area (Å²) in [5.41, 5.74) is 2.52. The highest BCUT2D eigenvalue weighted by Crippen LogP contribution is 2.33.